The highest BCUT2D eigenvalue weighted by molar-refractivity contribution is 7.71. The lowest BCUT2D eigenvalue weighted by molar-refractivity contribution is 0.324. The molecule has 27 heavy (non-hydrogen) atoms. The van der Waals surface area contributed by atoms with Gasteiger partial charge in [-0.15, -0.1) is 0 Å². The number of aromatic amines is 1. The Balaban J connectivity index is 2.03. The molecule has 0 saturated carbocycles. The lowest BCUT2D eigenvalue weighted by atomic mass is 10.1. The molecule has 0 amide bonds. The number of nitrogens with zero attached hydrogens (tertiary/aromatic N) is 3. The van der Waals surface area contributed by atoms with Gasteiger partial charge >= 0.3 is 0 Å². The molecule has 7 nitrogen and oxygen atoms in total. The van der Waals surface area contributed by atoms with Gasteiger partial charge in [0.25, 0.3) is 0 Å². The molecule has 1 N–H and O–H groups in total. The highest BCUT2D eigenvalue weighted by Gasteiger charge is 2.13. The van der Waals surface area contributed by atoms with E-state index in [1.54, 1.807) is 44.4 Å². The summed E-state index contributed by atoms with van der Waals surface area (Å²) >= 11 is 5.32. The molecule has 1 aromatic heterocycles. The summed E-state index contributed by atoms with van der Waals surface area (Å²) in [4.78, 5) is 0. The molecule has 0 aliphatic rings. The summed E-state index contributed by atoms with van der Waals surface area (Å²) in [6.07, 6.45) is 1.66. The summed E-state index contributed by atoms with van der Waals surface area (Å²) in [5.74, 6) is 2.26. The molecular formula is C19H20N4O3S. The smallest absolute Gasteiger partial charge is 0.216 e. The highest BCUT2D eigenvalue weighted by atomic mass is 32.1. The average molecular weight is 384 g/mol. The van der Waals surface area contributed by atoms with Gasteiger partial charge in [-0.1, -0.05) is 23.8 Å². The molecule has 8 heteroatoms. The number of ether oxygens (including phenoxy) is 3. The van der Waals surface area contributed by atoms with E-state index in [2.05, 4.69) is 15.3 Å². The van der Waals surface area contributed by atoms with E-state index in [9.17, 15) is 0 Å². The molecule has 2 aromatic carbocycles. The second-order valence-electron chi connectivity index (χ2n) is 5.74. The van der Waals surface area contributed by atoms with Gasteiger partial charge in [0.15, 0.2) is 17.3 Å². The summed E-state index contributed by atoms with van der Waals surface area (Å²) in [7, 11) is 4.70. The van der Waals surface area contributed by atoms with Crippen molar-refractivity contribution in [2.45, 2.75) is 6.92 Å². The zero-order valence-electron chi connectivity index (χ0n) is 15.5. The molecule has 0 bridgehead atoms. The Morgan fingerprint density at radius 2 is 1.78 bits per heavy atom. The van der Waals surface area contributed by atoms with E-state index in [0.717, 1.165) is 16.7 Å². The van der Waals surface area contributed by atoms with Crippen molar-refractivity contribution in [1.29, 1.82) is 0 Å². The number of nitrogens with one attached hydrogen (secondary N) is 1. The maximum absolute atomic E-state index is 5.37. The van der Waals surface area contributed by atoms with Crippen molar-refractivity contribution in [2.75, 3.05) is 21.3 Å². The van der Waals surface area contributed by atoms with Crippen LogP contribution in [0.5, 0.6) is 17.2 Å². The average Bonchev–Trinajstić information content (AvgIpc) is 3.05. The van der Waals surface area contributed by atoms with Gasteiger partial charge in [0.2, 0.25) is 10.5 Å². The molecule has 0 spiro atoms. The van der Waals surface area contributed by atoms with Crippen LogP contribution >= 0.6 is 12.2 Å². The van der Waals surface area contributed by atoms with Gasteiger partial charge in [0, 0.05) is 11.1 Å². The van der Waals surface area contributed by atoms with Crippen molar-refractivity contribution in [3.05, 3.63) is 52.3 Å². The summed E-state index contributed by atoms with van der Waals surface area (Å²) in [6, 6.07) is 11.6. The van der Waals surface area contributed by atoms with Crippen molar-refractivity contribution < 1.29 is 14.2 Å². The fourth-order valence-corrected chi connectivity index (χ4v) is 2.85. The monoisotopic (exact) mass is 384 g/mol. The van der Waals surface area contributed by atoms with Crippen molar-refractivity contribution >= 4 is 18.4 Å². The van der Waals surface area contributed by atoms with Crippen LogP contribution in [-0.2, 0) is 0 Å². The number of methoxy groups -OCH3 is 3. The molecule has 0 aliphatic carbocycles. The molecule has 140 valence electrons. The summed E-state index contributed by atoms with van der Waals surface area (Å²) < 4.78 is 18.1. The van der Waals surface area contributed by atoms with Crippen LogP contribution in [0.1, 0.15) is 11.1 Å². The SMILES string of the molecule is COc1cc(/C=N/n2c(-c3cccc(C)c3)n[nH]c2=S)cc(OC)c1OC. The van der Waals surface area contributed by atoms with E-state index >= 15 is 0 Å². The summed E-state index contributed by atoms with van der Waals surface area (Å²) in [6.45, 7) is 2.02. The number of aryl methyl sites for hydroxylation is 1. The Morgan fingerprint density at radius 3 is 2.37 bits per heavy atom. The number of hydrogen-bond donors (Lipinski definition) is 1. The first kappa shape index (κ1) is 18.7. The Labute approximate surface area is 162 Å². The zero-order chi connectivity index (χ0) is 19.4. The van der Waals surface area contributed by atoms with Crippen molar-refractivity contribution in [3.63, 3.8) is 0 Å². The van der Waals surface area contributed by atoms with Crippen LogP contribution in [0.15, 0.2) is 41.5 Å². The van der Waals surface area contributed by atoms with E-state index in [1.807, 2.05) is 31.2 Å². The number of hydrogen-bond acceptors (Lipinski definition) is 6. The largest absolute Gasteiger partial charge is 0.493 e. The number of H-pyrrole nitrogens is 1. The van der Waals surface area contributed by atoms with E-state index < -0.39 is 0 Å². The van der Waals surface area contributed by atoms with E-state index in [1.165, 1.54) is 0 Å². The normalized spacial score (nSPS) is 11.0. The third-order valence-corrected chi connectivity index (χ3v) is 4.20. The first-order chi connectivity index (χ1) is 13.1. The van der Waals surface area contributed by atoms with Crippen LogP contribution in [-0.4, -0.2) is 42.4 Å². The molecule has 0 radical (unpaired) electrons. The molecule has 3 aromatic rings. The Hall–Kier alpha value is -3.13. The summed E-state index contributed by atoms with van der Waals surface area (Å²) in [5.41, 5.74) is 2.81. The molecule has 0 fully saturated rings. The lowest BCUT2D eigenvalue weighted by Crippen LogP contribution is -1.98. The standard InChI is InChI=1S/C19H20N4O3S/c1-12-6-5-7-14(8-12)18-21-22-19(27)23(18)20-11-13-9-15(24-2)17(26-4)16(10-13)25-3/h5-11H,1-4H3,(H,22,27)/b20-11+. The van der Waals surface area contributed by atoms with Crippen LogP contribution in [0.2, 0.25) is 0 Å². The molecule has 3 rings (SSSR count). The van der Waals surface area contributed by atoms with Crippen LogP contribution in [0.4, 0.5) is 0 Å². The van der Waals surface area contributed by atoms with Crippen LogP contribution in [0, 0.1) is 11.7 Å². The third-order valence-electron chi connectivity index (χ3n) is 3.94. The van der Waals surface area contributed by atoms with Crippen LogP contribution < -0.4 is 14.2 Å². The van der Waals surface area contributed by atoms with Gasteiger partial charge in [-0.05, 0) is 37.3 Å². The molecule has 0 atom stereocenters. The first-order valence-electron chi connectivity index (χ1n) is 8.16. The Kier molecular flexibility index (Phi) is 5.56. The molecule has 0 saturated heterocycles. The van der Waals surface area contributed by atoms with Gasteiger partial charge < -0.3 is 14.2 Å². The van der Waals surface area contributed by atoms with Crippen LogP contribution in [0.25, 0.3) is 11.4 Å². The fourth-order valence-electron chi connectivity index (χ4n) is 2.67. The second-order valence-corrected chi connectivity index (χ2v) is 6.12. The maximum Gasteiger partial charge on any atom is 0.216 e. The predicted octanol–water partition coefficient (Wildman–Crippen LogP) is 3.82. The third kappa shape index (κ3) is 3.85. The van der Waals surface area contributed by atoms with Crippen molar-refractivity contribution in [3.8, 4) is 28.6 Å². The number of benzene rings is 2. The van der Waals surface area contributed by atoms with E-state index in [0.29, 0.717) is 27.8 Å². The minimum Gasteiger partial charge on any atom is -0.493 e. The van der Waals surface area contributed by atoms with Gasteiger partial charge in [-0.25, -0.2) is 5.10 Å². The zero-order valence-corrected chi connectivity index (χ0v) is 16.3. The van der Waals surface area contributed by atoms with Gasteiger partial charge in [-0.3, -0.25) is 0 Å². The lowest BCUT2D eigenvalue weighted by Gasteiger charge is -2.12. The predicted molar refractivity (Wildman–Crippen MR) is 107 cm³/mol. The van der Waals surface area contributed by atoms with Crippen molar-refractivity contribution in [2.24, 2.45) is 5.10 Å². The van der Waals surface area contributed by atoms with Gasteiger partial charge in [-0.2, -0.15) is 14.9 Å². The number of aromatic nitrogens is 3. The van der Waals surface area contributed by atoms with Crippen LogP contribution in [0.3, 0.4) is 0 Å². The topological polar surface area (TPSA) is 73.7 Å². The molecule has 1 heterocycles. The minimum absolute atomic E-state index is 0.398. The molecule has 0 aliphatic heterocycles. The maximum atomic E-state index is 5.37. The van der Waals surface area contributed by atoms with Gasteiger partial charge in [0.1, 0.15) is 0 Å². The molecule has 0 unspecified atom stereocenters. The van der Waals surface area contributed by atoms with E-state index in [4.69, 9.17) is 26.4 Å². The minimum atomic E-state index is 0.398. The fraction of sp³-hybridized carbons (Fsp3) is 0.211. The quantitative estimate of drug-likeness (QED) is 0.517. The first-order valence-corrected chi connectivity index (χ1v) is 8.57. The summed E-state index contributed by atoms with van der Waals surface area (Å²) in [5, 5.41) is 11.6. The van der Waals surface area contributed by atoms with Crippen molar-refractivity contribution in [1.82, 2.24) is 14.9 Å². The molecular weight excluding hydrogens is 364 g/mol. The highest BCUT2D eigenvalue weighted by Crippen LogP contribution is 2.37. The Morgan fingerprint density at radius 1 is 1.07 bits per heavy atom. The van der Waals surface area contributed by atoms with E-state index in [-0.39, 0.29) is 0 Å². The Bertz CT molecular complexity index is 1010. The number of rotatable bonds is 6. The van der Waals surface area contributed by atoms with Gasteiger partial charge in [0.05, 0.1) is 27.5 Å². The second kappa shape index (κ2) is 8.05.